The highest BCUT2D eigenvalue weighted by molar-refractivity contribution is 7.92. The van der Waals surface area contributed by atoms with E-state index >= 15 is 0 Å². The van der Waals surface area contributed by atoms with Crippen LogP contribution in [0.1, 0.15) is 18.1 Å². The van der Waals surface area contributed by atoms with Crippen LogP contribution in [0, 0.1) is 6.92 Å². The molecule has 0 spiro atoms. The van der Waals surface area contributed by atoms with Crippen molar-refractivity contribution in [2.24, 2.45) is 0 Å². The van der Waals surface area contributed by atoms with E-state index < -0.39 is 34.3 Å². The van der Waals surface area contributed by atoms with Crippen LogP contribution in [0.2, 0.25) is 5.02 Å². The van der Waals surface area contributed by atoms with E-state index in [0.717, 1.165) is 24.6 Å². The molecule has 0 aliphatic carbocycles. The van der Waals surface area contributed by atoms with Crippen LogP contribution in [0.4, 0.5) is 18.9 Å². The average Bonchev–Trinajstić information content (AvgIpc) is 2.58. The molecule has 0 aliphatic heterocycles. The van der Waals surface area contributed by atoms with Crippen LogP contribution in [-0.4, -0.2) is 27.5 Å². The Morgan fingerprint density at radius 3 is 2.29 bits per heavy atom. The van der Waals surface area contributed by atoms with Gasteiger partial charge in [-0.15, -0.1) is 0 Å². The fourth-order valence-electron chi connectivity index (χ4n) is 2.36. The molecule has 0 saturated carbocycles. The lowest BCUT2D eigenvalue weighted by atomic mass is 10.2. The quantitative estimate of drug-likeness (QED) is 0.630. The number of carbonyl (C=O) groups is 1. The fourth-order valence-corrected chi connectivity index (χ4v) is 4.09. The Kier molecular flexibility index (Phi) is 6.61. The molecule has 10 heteroatoms. The number of sulfonamides is 1. The van der Waals surface area contributed by atoms with Crippen molar-refractivity contribution in [3.8, 4) is 0 Å². The number of esters is 1. The highest BCUT2D eigenvalue weighted by Gasteiger charge is 2.33. The predicted octanol–water partition coefficient (Wildman–Crippen LogP) is 4.43. The zero-order valence-corrected chi connectivity index (χ0v) is 16.5. The molecular formula is C18H17ClF3NO4S. The van der Waals surface area contributed by atoms with Gasteiger partial charge in [0.2, 0.25) is 0 Å². The average molecular weight is 436 g/mol. The molecule has 0 aliphatic rings. The van der Waals surface area contributed by atoms with Crippen LogP contribution < -0.4 is 4.31 Å². The van der Waals surface area contributed by atoms with Crippen molar-refractivity contribution in [1.82, 2.24) is 0 Å². The van der Waals surface area contributed by atoms with Gasteiger partial charge < -0.3 is 4.74 Å². The molecule has 5 nitrogen and oxygen atoms in total. The van der Waals surface area contributed by atoms with Gasteiger partial charge in [-0.3, -0.25) is 9.10 Å². The number of carbonyl (C=O) groups excluding carboxylic acids is 1. The molecule has 0 amide bonds. The standard InChI is InChI=1S/C18H17ClF3NO4S/c1-12-3-6-15(7-4-12)28(25,26)23(9-10-27-13(2)24)17-11-14(18(20,21)22)5-8-16(17)19/h3-8,11H,9-10H2,1-2H3. The summed E-state index contributed by atoms with van der Waals surface area (Å²) in [4.78, 5) is 10.9. The van der Waals surface area contributed by atoms with Crippen molar-refractivity contribution in [3.63, 3.8) is 0 Å². The van der Waals surface area contributed by atoms with Gasteiger partial charge in [0.25, 0.3) is 10.0 Å². The van der Waals surface area contributed by atoms with Gasteiger partial charge in [0, 0.05) is 6.92 Å². The second-order valence-electron chi connectivity index (χ2n) is 5.89. The monoisotopic (exact) mass is 435 g/mol. The third-order valence-electron chi connectivity index (χ3n) is 3.75. The minimum Gasteiger partial charge on any atom is -0.464 e. The maximum Gasteiger partial charge on any atom is 0.416 e. The molecule has 152 valence electrons. The maximum absolute atomic E-state index is 13.1. The van der Waals surface area contributed by atoms with E-state index in [4.69, 9.17) is 16.3 Å². The second kappa shape index (κ2) is 8.40. The van der Waals surface area contributed by atoms with Gasteiger partial charge in [-0.05, 0) is 37.3 Å². The second-order valence-corrected chi connectivity index (χ2v) is 8.16. The summed E-state index contributed by atoms with van der Waals surface area (Å²) in [6.45, 7) is 2.14. The molecule has 0 saturated heterocycles. The lowest BCUT2D eigenvalue weighted by Gasteiger charge is -2.26. The first-order chi connectivity index (χ1) is 12.9. The van der Waals surface area contributed by atoms with E-state index in [1.165, 1.54) is 12.1 Å². The molecule has 0 unspecified atom stereocenters. The van der Waals surface area contributed by atoms with E-state index in [0.29, 0.717) is 10.4 Å². The summed E-state index contributed by atoms with van der Waals surface area (Å²) in [6, 6.07) is 8.19. The van der Waals surface area contributed by atoms with Crippen molar-refractivity contribution in [2.45, 2.75) is 24.9 Å². The number of anilines is 1. The minimum absolute atomic E-state index is 0.130. The van der Waals surface area contributed by atoms with Gasteiger partial charge in [0.15, 0.2) is 0 Å². The third-order valence-corrected chi connectivity index (χ3v) is 5.90. The van der Waals surface area contributed by atoms with E-state index in [1.54, 1.807) is 19.1 Å². The Morgan fingerprint density at radius 2 is 1.75 bits per heavy atom. The number of aryl methyl sites for hydroxylation is 1. The van der Waals surface area contributed by atoms with E-state index in [-0.39, 0.29) is 22.2 Å². The SMILES string of the molecule is CC(=O)OCCN(c1cc(C(F)(F)F)ccc1Cl)S(=O)(=O)c1ccc(C)cc1. The Bertz CT molecular complexity index is 960. The van der Waals surface area contributed by atoms with Crippen molar-refractivity contribution in [3.05, 3.63) is 58.6 Å². The Balaban J connectivity index is 2.56. The molecular weight excluding hydrogens is 419 g/mol. The van der Waals surface area contributed by atoms with E-state index in [2.05, 4.69) is 0 Å². The zero-order valence-electron chi connectivity index (χ0n) is 15.0. The van der Waals surface area contributed by atoms with Crippen LogP contribution in [0.25, 0.3) is 0 Å². The summed E-state index contributed by atoms with van der Waals surface area (Å²) in [5.41, 5.74) is -0.602. The number of benzene rings is 2. The smallest absolute Gasteiger partial charge is 0.416 e. The molecule has 0 atom stereocenters. The van der Waals surface area contributed by atoms with E-state index in [1.807, 2.05) is 0 Å². The molecule has 2 rings (SSSR count). The number of ether oxygens (including phenoxy) is 1. The zero-order chi connectivity index (χ0) is 21.1. The van der Waals surface area contributed by atoms with Crippen LogP contribution >= 0.6 is 11.6 Å². The first kappa shape index (κ1) is 22.0. The van der Waals surface area contributed by atoms with Crippen molar-refractivity contribution >= 4 is 33.3 Å². The molecule has 28 heavy (non-hydrogen) atoms. The van der Waals surface area contributed by atoms with Crippen LogP contribution in [-0.2, 0) is 25.7 Å². The molecule has 0 fully saturated rings. The molecule has 0 aromatic heterocycles. The number of nitrogens with zero attached hydrogens (tertiary/aromatic N) is 1. The lowest BCUT2D eigenvalue weighted by molar-refractivity contribution is -0.140. The molecule has 0 heterocycles. The van der Waals surface area contributed by atoms with Gasteiger partial charge in [0.1, 0.15) is 6.61 Å². The topological polar surface area (TPSA) is 63.7 Å². The largest absolute Gasteiger partial charge is 0.464 e. The van der Waals surface area contributed by atoms with Gasteiger partial charge in [-0.2, -0.15) is 13.2 Å². The Hall–Kier alpha value is -2.26. The highest BCUT2D eigenvalue weighted by Crippen LogP contribution is 2.37. The number of hydrogen-bond acceptors (Lipinski definition) is 4. The maximum atomic E-state index is 13.1. The Morgan fingerprint density at radius 1 is 1.14 bits per heavy atom. The first-order valence-corrected chi connectivity index (χ1v) is 9.84. The van der Waals surface area contributed by atoms with Crippen molar-refractivity contribution < 1.29 is 31.1 Å². The van der Waals surface area contributed by atoms with Crippen LogP contribution in [0.3, 0.4) is 0 Å². The molecule has 0 radical (unpaired) electrons. The number of alkyl halides is 3. The summed E-state index contributed by atoms with van der Waals surface area (Å²) in [5.74, 6) is -0.650. The summed E-state index contributed by atoms with van der Waals surface area (Å²) < 4.78 is 70.9. The summed E-state index contributed by atoms with van der Waals surface area (Å²) in [5, 5.41) is -0.188. The summed E-state index contributed by atoms with van der Waals surface area (Å²) in [6.07, 6.45) is -4.69. The van der Waals surface area contributed by atoms with Crippen LogP contribution in [0.15, 0.2) is 47.4 Å². The van der Waals surface area contributed by atoms with E-state index in [9.17, 15) is 26.4 Å². The van der Waals surface area contributed by atoms with Gasteiger partial charge in [0.05, 0.1) is 27.7 Å². The highest BCUT2D eigenvalue weighted by atomic mass is 35.5. The molecule has 2 aromatic carbocycles. The van der Waals surface area contributed by atoms with Crippen molar-refractivity contribution in [1.29, 1.82) is 0 Å². The first-order valence-electron chi connectivity index (χ1n) is 8.02. The fraction of sp³-hybridized carbons (Fsp3) is 0.278. The van der Waals surface area contributed by atoms with Gasteiger partial charge >= 0.3 is 12.1 Å². The minimum atomic E-state index is -4.69. The third kappa shape index (κ3) is 5.17. The van der Waals surface area contributed by atoms with Gasteiger partial charge in [-0.25, -0.2) is 8.42 Å². The van der Waals surface area contributed by atoms with Crippen LogP contribution in [0.5, 0.6) is 0 Å². The molecule has 0 bridgehead atoms. The molecule has 2 aromatic rings. The van der Waals surface area contributed by atoms with Crippen molar-refractivity contribution in [2.75, 3.05) is 17.5 Å². The normalized spacial score (nSPS) is 11.9. The predicted molar refractivity (Wildman–Crippen MR) is 98.8 cm³/mol. The summed E-state index contributed by atoms with van der Waals surface area (Å²) in [7, 11) is -4.26. The number of rotatable bonds is 6. The van der Waals surface area contributed by atoms with Gasteiger partial charge in [-0.1, -0.05) is 29.3 Å². The Labute approximate surface area is 165 Å². The molecule has 0 N–H and O–H groups in total. The number of halogens is 4. The lowest BCUT2D eigenvalue weighted by Crippen LogP contribution is -2.35. The number of hydrogen-bond donors (Lipinski definition) is 0. The summed E-state index contributed by atoms with van der Waals surface area (Å²) >= 11 is 6.02.